The zero-order valence-corrected chi connectivity index (χ0v) is 19.1. The van der Waals surface area contributed by atoms with Crippen LogP contribution in [0, 0.1) is 0 Å². The number of hydrogen-bond acceptors (Lipinski definition) is 8. The average molecular weight is 475 g/mol. The summed E-state index contributed by atoms with van der Waals surface area (Å²) >= 11 is 0. The van der Waals surface area contributed by atoms with Crippen molar-refractivity contribution in [1.82, 2.24) is 19.4 Å². The van der Waals surface area contributed by atoms with Crippen LogP contribution in [0.2, 0.25) is 0 Å². The molecule has 1 amide bonds. The maximum Gasteiger partial charge on any atom is 0.330 e. The Morgan fingerprint density at radius 2 is 2.15 bits per heavy atom. The summed E-state index contributed by atoms with van der Waals surface area (Å²) in [5.41, 5.74) is -0.256. The first-order valence-corrected chi connectivity index (χ1v) is 11.8. The minimum Gasteiger partial charge on any atom is -0.467 e. The molecule has 1 aromatic heterocycles. The van der Waals surface area contributed by atoms with Crippen molar-refractivity contribution in [1.29, 1.82) is 0 Å². The molecule has 3 aliphatic rings. The van der Waals surface area contributed by atoms with Crippen molar-refractivity contribution in [3.63, 3.8) is 0 Å². The molecule has 11 nitrogen and oxygen atoms in total. The molecule has 0 saturated heterocycles. The van der Waals surface area contributed by atoms with Gasteiger partial charge in [-0.2, -0.15) is 5.10 Å². The first kappa shape index (κ1) is 19.2. The number of nitrogens with one attached hydrogen (secondary N) is 1. The highest BCUT2D eigenvalue weighted by Crippen LogP contribution is 2.38. The molecule has 0 spiro atoms. The molecule has 0 radical (unpaired) electrons. The number of anilines is 1. The third kappa shape index (κ3) is 3.68. The zero-order valence-electron chi connectivity index (χ0n) is 20.3. The van der Waals surface area contributed by atoms with Crippen LogP contribution >= 0.6 is 0 Å². The van der Waals surface area contributed by atoms with Crippen LogP contribution in [-0.4, -0.2) is 66.2 Å². The lowest BCUT2D eigenvalue weighted by Gasteiger charge is -2.37. The summed E-state index contributed by atoms with van der Waals surface area (Å²) in [6, 6.07) is 3.06. The van der Waals surface area contributed by atoms with Crippen molar-refractivity contribution < 1.29 is 25.5 Å². The average Bonchev–Trinajstić information content (AvgIpc) is 3.16. The van der Waals surface area contributed by atoms with Gasteiger partial charge < -0.3 is 4.74 Å². The van der Waals surface area contributed by atoms with E-state index in [1.165, 1.54) is 47.3 Å². The number of nitrogens with zero attached hydrogens (tertiary/aromatic N) is 5. The number of methoxy groups -OCH3 is 1. The molecular formula is C21H24N6O5S. The van der Waals surface area contributed by atoms with Gasteiger partial charge in [0.2, 0.25) is 16.0 Å². The van der Waals surface area contributed by atoms with Gasteiger partial charge in [0.25, 0.3) is 5.91 Å². The monoisotopic (exact) mass is 474 g/mol. The van der Waals surface area contributed by atoms with Gasteiger partial charge in [0.05, 0.1) is 45.2 Å². The predicted octanol–water partition coefficient (Wildman–Crippen LogP) is 0.624. The number of guanidine groups is 1. The van der Waals surface area contributed by atoms with Gasteiger partial charge in [0.15, 0.2) is 6.04 Å². The van der Waals surface area contributed by atoms with Crippen molar-refractivity contribution in [2.75, 3.05) is 18.6 Å². The molecular weight excluding hydrogens is 448 g/mol. The Morgan fingerprint density at radius 1 is 1.39 bits per heavy atom. The Bertz CT molecular complexity index is 1380. The van der Waals surface area contributed by atoms with E-state index in [4.69, 9.17) is 7.48 Å². The molecule has 1 atom stereocenters. The van der Waals surface area contributed by atoms with Crippen molar-refractivity contribution in [3.8, 4) is 0 Å². The fourth-order valence-electron chi connectivity index (χ4n) is 3.89. The number of aromatic nitrogens is 2. The van der Waals surface area contributed by atoms with E-state index in [1.54, 1.807) is 14.0 Å². The molecule has 5 rings (SSSR count). The van der Waals surface area contributed by atoms with Gasteiger partial charge >= 0.3 is 5.97 Å². The van der Waals surface area contributed by atoms with E-state index in [2.05, 4.69) is 14.8 Å². The highest BCUT2D eigenvalue weighted by atomic mass is 32.2. The van der Waals surface area contributed by atoms with Gasteiger partial charge in [-0.05, 0) is 38.0 Å². The van der Waals surface area contributed by atoms with E-state index in [9.17, 15) is 18.0 Å². The summed E-state index contributed by atoms with van der Waals surface area (Å²) in [4.78, 5) is 32.7. The molecule has 1 unspecified atom stereocenters. The highest BCUT2D eigenvalue weighted by molar-refractivity contribution is 7.89. The molecule has 1 aliphatic carbocycles. The maximum absolute atomic E-state index is 13.7. The molecule has 0 bridgehead atoms. The third-order valence-corrected chi connectivity index (χ3v) is 7.54. The van der Waals surface area contributed by atoms with E-state index < -0.39 is 40.0 Å². The quantitative estimate of drug-likeness (QED) is 0.609. The van der Waals surface area contributed by atoms with Crippen LogP contribution in [0.4, 0.5) is 5.69 Å². The number of amides is 1. The van der Waals surface area contributed by atoms with Crippen LogP contribution in [0.5, 0.6) is 0 Å². The summed E-state index contributed by atoms with van der Waals surface area (Å²) in [5, 5.41) is 4.00. The zero-order chi connectivity index (χ0) is 25.3. The first-order valence-electron chi connectivity index (χ1n) is 11.3. The Kier molecular flexibility index (Phi) is 4.31. The number of benzene rings is 1. The van der Waals surface area contributed by atoms with Gasteiger partial charge in [-0.25, -0.2) is 22.9 Å². The van der Waals surface area contributed by atoms with Crippen LogP contribution in [0.1, 0.15) is 38.4 Å². The van der Waals surface area contributed by atoms with Crippen LogP contribution in [0.3, 0.4) is 0 Å². The highest BCUT2D eigenvalue weighted by Gasteiger charge is 2.46. The van der Waals surface area contributed by atoms with Crippen molar-refractivity contribution in [3.05, 3.63) is 41.7 Å². The molecule has 12 heteroatoms. The number of aryl methyl sites for hydroxylation is 1. The molecule has 2 aliphatic heterocycles. The van der Waals surface area contributed by atoms with Crippen molar-refractivity contribution in [2.45, 2.75) is 42.7 Å². The third-order valence-electron chi connectivity index (χ3n) is 5.90. The fraction of sp³-hybridized carbons (Fsp3) is 0.429. The van der Waals surface area contributed by atoms with Crippen molar-refractivity contribution in [2.24, 2.45) is 12.0 Å². The molecule has 1 fully saturated rings. The number of sulfonamides is 1. The number of carbonyl (C=O) groups excluding carboxylic acids is 2. The number of rotatable bonds is 6. The smallest absolute Gasteiger partial charge is 0.330 e. The number of esters is 1. The molecule has 1 aromatic carbocycles. The fourth-order valence-corrected chi connectivity index (χ4v) is 5.38. The molecule has 3 heterocycles. The minimum atomic E-state index is -3.94. The minimum absolute atomic E-state index is 0.0612. The largest absolute Gasteiger partial charge is 0.467 e. The van der Waals surface area contributed by atoms with E-state index >= 15 is 0 Å². The molecule has 1 saturated carbocycles. The Labute approximate surface area is 193 Å². The Hall–Kier alpha value is -3.25. The van der Waals surface area contributed by atoms with Gasteiger partial charge in [-0.15, -0.1) is 0 Å². The summed E-state index contributed by atoms with van der Waals surface area (Å²) in [5.74, 6) is -1.47. The van der Waals surface area contributed by atoms with Crippen molar-refractivity contribution >= 4 is 33.5 Å². The molecule has 33 heavy (non-hydrogen) atoms. The summed E-state index contributed by atoms with van der Waals surface area (Å²) in [6.45, 7) is -0.666. The number of fused-ring (bicyclic) bond motifs is 3. The second-order valence-corrected chi connectivity index (χ2v) is 10.2. The van der Waals surface area contributed by atoms with E-state index in [0.717, 1.165) is 4.90 Å². The lowest BCUT2D eigenvalue weighted by molar-refractivity contribution is -0.141. The van der Waals surface area contributed by atoms with Crippen LogP contribution in [0.25, 0.3) is 0 Å². The lowest BCUT2D eigenvalue weighted by atomic mass is 10.1. The molecule has 1 N–H and O–H groups in total. The lowest BCUT2D eigenvalue weighted by Crippen LogP contribution is -2.54. The second kappa shape index (κ2) is 7.39. The second-order valence-electron chi connectivity index (χ2n) is 8.55. The predicted molar refractivity (Wildman–Crippen MR) is 118 cm³/mol. The molecule has 2 aromatic rings. The normalized spacial score (nSPS) is 22.2. The van der Waals surface area contributed by atoms with E-state index in [1.807, 2.05) is 0 Å². The van der Waals surface area contributed by atoms with E-state index in [0.29, 0.717) is 12.8 Å². The van der Waals surface area contributed by atoms with Crippen LogP contribution < -0.4 is 9.62 Å². The topological polar surface area (TPSA) is 126 Å². The number of carbonyl (C=O) groups is 2. The molecule has 174 valence electrons. The first-order chi connectivity index (χ1) is 16.4. The van der Waals surface area contributed by atoms with Gasteiger partial charge in [0, 0.05) is 24.3 Å². The van der Waals surface area contributed by atoms with Gasteiger partial charge in [0.1, 0.15) is 0 Å². The Balaban J connectivity index is 1.65. The standard InChI is InChI=1S/C21H24N6O5S/c1-21(6-7-21)24-33(30,31)14-4-5-16-15(8-14)18(28)26(12-13-9-23-25(2)11-13)20-22-10-17(27(16)20)19(29)32-3/h4-5,8-9,11,17,24H,6-7,10,12H2,1-3H3/i12D2. The Morgan fingerprint density at radius 3 is 2.79 bits per heavy atom. The van der Waals surface area contributed by atoms with Gasteiger partial charge in [-0.3, -0.25) is 19.3 Å². The number of aliphatic imine (C=N–C) groups is 1. The summed E-state index contributed by atoms with van der Waals surface area (Å²) in [6.07, 6.45) is 4.15. The summed E-state index contributed by atoms with van der Waals surface area (Å²) < 4.78 is 52.5. The van der Waals surface area contributed by atoms with Crippen LogP contribution in [-0.2, 0) is 33.1 Å². The maximum atomic E-state index is 13.7. The number of hydrogen-bond donors (Lipinski definition) is 1. The van der Waals surface area contributed by atoms with Gasteiger partial charge in [-0.1, -0.05) is 0 Å². The van der Waals surface area contributed by atoms with E-state index in [-0.39, 0.29) is 34.2 Å². The van der Waals surface area contributed by atoms with Crippen LogP contribution in [0.15, 0.2) is 40.5 Å². The number of ether oxygens (including phenoxy) is 1. The SMILES string of the molecule is [2H]C([2H])(c1cnn(C)c1)N1C(=O)c2cc(S(=O)(=O)NC3(C)CC3)ccc2N2C1=NCC2C(=O)OC. The summed E-state index contributed by atoms with van der Waals surface area (Å²) in [7, 11) is -1.10.